The zero-order chi connectivity index (χ0) is 15.5. The molecule has 0 saturated heterocycles. The highest BCUT2D eigenvalue weighted by Gasteiger charge is 2.05. The van der Waals surface area contributed by atoms with Crippen molar-refractivity contribution in [3.63, 3.8) is 0 Å². The van der Waals surface area contributed by atoms with Crippen molar-refractivity contribution in [1.29, 1.82) is 0 Å². The van der Waals surface area contributed by atoms with E-state index < -0.39 is 0 Å². The molecule has 22 heavy (non-hydrogen) atoms. The van der Waals surface area contributed by atoms with Crippen LogP contribution >= 0.6 is 11.6 Å². The zero-order valence-corrected chi connectivity index (χ0v) is 13.2. The van der Waals surface area contributed by atoms with Crippen LogP contribution in [0.4, 0.5) is 5.82 Å². The first-order valence-electron chi connectivity index (χ1n) is 7.07. The average molecular weight is 317 g/mol. The van der Waals surface area contributed by atoms with Gasteiger partial charge in [-0.25, -0.2) is 9.36 Å². The predicted octanol–water partition coefficient (Wildman–Crippen LogP) is 3.31. The van der Waals surface area contributed by atoms with Crippen molar-refractivity contribution in [2.45, 2.75) is 26.4 Å². The highest BCUT2D eigenvalue weighted by atomic mass is 35.5. The Kier molecular flexibility index (Phi) is 4.11. The van der Waals surface area contributed by atoms with Crippen LogP contribution < -0.4 is 5.32 Å². The molecular weight excluding hydrogens is 300 g/mol. The van der Waals surface area contributed by atoms with Gasteiger partial charge in [0.15, 0.2) is 5.82 Å². The molecule has 7 heteroatoms. The maximum atomic E-state index is 6.00. The van der Waals surface area contributed by atoms with Gasteiger partial charge in [-0.2, -0.15) is 5.10 Å². The molecule has 0 aliphatic rings. The third-order valence-corrected chi connectivity index (χ3v) is 3.46. The molecule has 0 unspecified atom stereocenters. The van der Waals surface area contributed by atoms with Crippen LogP contribution in [0, 0.1) is 0 Å². The van der Waals surface area contributed by atoms with Gasteiger partial charge in [-0.1, -0.05) is 22.9 Å². The summed E-state index contributed by atoms with van der Waals surface area (Å²) in [6.45, 7) is 4.76. The third kappa shape index (κ3) is 3.28. The van der Waals surface area contributed by atoms with E-state index in [9.17, 15) is 0 Å². The Bertz CT molecular complexity index is 761. The van der Waals surface area contributed by atoms with Crippen molar-refractivity contribution in [3.05, 3.63) is 53.4 Å². The SMILES string of the molecule is CC(C)n1cc(NCc2cnn(-c3cccc(Cl)c3)c2)nn1. The molecule has 1 aromatic carbocycles. The van der Waals surface area contributed by atoms with Crippen LogP contribution in [-0.2, 0) is 6.54 Å². The Morgan fingerprint density at radius 3 is 2.86 bits per heavy atom. The van der Waals surface area contributed by atoms with Crippen LogP contribution in [0.2, 0.25) is 5.02 Å². The minimum atomic E-state index is 0.300. The van der Waals surface area contributed by atoms with E-state index in [4.69, 9.17) is 11.6 Å². The van der Waals surface area contributed by atoms with Crippen molar-refractivity contribution < 1.29 is 0 Å². The van der Waals surface area contributed by atoms with E-state index in [1.54, 1.807) is 4.68 Å². The number of rotatable bonds is 5. The van der Waals surface area contributed by atoms with Crippen molar-refractivity contribution >= 4 is 17.4 Å². The molecule has 2 aromatic heterocycles. The molecule has 0 saturated carbocycles. The second kappa shape index (κ2) is 6.19. The van der Waals surface area contributed by atoms with Crippen molar-refractivity contribution in [1.82, 2.24) is 24.8 Å². The Morgan fingerprint density at radius 1 is 1.27 bits per heavy atom. The highest BCUT2D eigenvalue weighted by Crippen LogP contribution is 2.15. The van der Waals surface area contributed by atoms with E-state index in [2.05, 4.69) is 34.6 Å². The van der Waals surface area contributed by atoms with Gasteiger partial charge in [-0.05, 0) is 32.0 Å². The summed E-state index contributed by atoms with van der Waals surface area (Å²) in [5, 5.41) is 16.4. The molecule has 3 aromatic rings. The molecule has 0 atom stereocenters. The smallest absolute Gasteiger partial charge is 0.168 e. The van der Waals surface area contributed by atoms with Gasteiger partial charge in [0.05, 0.1) is 18.1 Å². The molecule has 0 aliphatic heterocycles. The first kappa shape index (κ1) is 14.6. The fourth-order valence-corrected chi connectivity index (χ4v) is 2.20. The van der Waals surface area contributed by atoms with E-state index >= 15 is 0 Å². The predicted molar refractivity (Wildman–Crippen MR) is 86.3 cm³/mol. The van der Waals surface area contributed by atoms with E-state index in [1.807, 2.05) is 47.5 Å². The molecule has 1 N–H and O–H groups in total. The minimum absolute atomic E-state index is 0.300. The normalized spacial score (nSPS) is 11.1. The summed E-state index contributed by atoms with van der Waals surface area (Å²) in [6.07, 6.45) is 5.68. The van der Waals surface area contributed by atoms with Gasteiger partial charge in [0.25, 0.3) is 0 Å². The van der Waals surface area contributed by atoms with Crippen LogP contribution in [0.1, 0.15) is 25.5 Å². The molecule has 0 spiro atoms. The molecule has 2 heterocycles. The van der Waals surface area contributed by atoms with E-state index in [0.29, 0.717) is 17.6 Å². The average Bonchev–Trinajstić information content (AvgIpc) is 3.14. The molecule has 0 amide bonds. The fourth-order valence-electron chi connectivity index (χ4n) is 2.01. The van der Waals surface area contributed by atoms with Gasteiger partial charge >= 0.3 is 0 Å². The lowest BCUT2D eigenvalue weighted by Gasteiger charge is -2.02. The maximum Gasteiger partial charge on any atom is 0.168 e. The topological polar surface area (TPSA) is 60.6 Å². The highest BCUT2D eigenvalue weighted by molar-refractivity contribution is 6.30. The van der Waals surface area contributed by atoms with Crippen LogP contribution in [0.5, 0.6) is 0 Å². The lowest BCUT2D eigenvalue weighted by atomic mass is 10.3. The molecule has 114 valence electrons. The number of hydrogen-bond acceptors (Lipinski definition) is 4. The van der Waals surface area contributed by atoms with Crippen LogP contribution in [-0.4, -0.2) is 24.8 Å². The molecule has 0 aliphatic carbocycles. The molecule has 0 fully saturated rings. The second-order valence-corrected chi connectivity index (χ2v) is 5.74. The number of nitrogens with one attached hydrogen (secondary N) is 1. The van der Waals surface area contributed by atoms with Crippen molar-refractivity contribution in [2.24, 2.45) is 0 Å². The summed E-state index contributed by atoms with van der Waals surface area (Å²) in [7, 11) is 0. The Labute approximate surface area is 133 Å². The van der Waals surface area contributed by atoms with Gasteiger partial charge in [0.2, 0.25) is 0 Å². The minimum Gasteiger partial charge on any atom is -0.363 e. The summed E-state index contributed by atoms with van der Waals surface area (Å²) in [6, 6.07) is 7.88. The monoisotopic (exact) mass is 316 g/mol. The number of hydrogen-bond donors (Lipinski definition) is 1. The largest absolute Gasteiger partial charge is 0.363 e. The Morgan fingerprint density at radius 2 is 2.14 bits per heavy atom. The maximum absolute atomic E-state index is 6.00. The number of benzene rings is 1. The summed E-state index contributed by atoms with van der Waals surface area (Å²) in [5.41, 5.74) is 1.99. The van der Waals surface area contributed by atoms with Gasteiger partial charge in [-0.15, -0.1) is 5.10 Å². The first-order chi connectivity index (χ1) is 10.6. The summed E-state index contributed by atoms with van der Waals surface area (Å²) < 4.78 is 3.62. The van der Waals surface area contributed by atoms with Gasteiger partial charge in [0.1, 0.15) is 0 Å². The van der Waals surface area contributed by atoms with Gasteiger partial charge in [-0.3, -0.25) is 0 Å². The van der Waals surface area contributed by atoms with Crippen LogP contribution in [0.25, 0.3) is 5.69 Å². The van der Waals surface area contributed by atoms with Crippen molar-refractivity contribution in [3.8, 4) is 5.69 Å². The van der Waals surface area contributed by atoms with E-state index in [0.717, 1.165) is 17.1 Å². The van der Waals surface area contributed by atoms with Crippen LogP contribution in [0.15, 0.2) is 42.9 Å². The fraction of sp³-hybridized carbons (Fsp3) is 0.267. The first-order valence-corrected chi connectivity index (χ1v) is 7.45. The summed E-state index contributed by atoms with van der Waals surface area (Å²) >= 11 is 6.00. The van der Waals surface area contributed by atoms with Gasteiger partial charge in [0, 0.05) is 29.4 Å². The molecular formula is C15H17ClN6. The third-order valence-electron chi connectivity index (χ3n) is 3.22. The zero-order valence-electron chi connectivity index (χ0n) is 12.4. The summed E-state index contributed by atoms with van der Waals surface area (Å²) in [4.78, 5) is 0. The van der Waals surface area contributed by atoms with Crippen LogP contribution in [0.3, 0.4) is 0 Å². The second-order valence-electron chi connectivity index (χ2n) is 5.30. The summed E-state index contributed by atoms with van der Waals surface area (Å²) in [5.74, 6) is 0.754. The number of anilines is 1. The lowest BCUT2D eigenvalue weighted by molar-refractivity contribution is 0.514. The number of nitrogens with zero attached hydrogens (tertiary/aromatic N) is 5. The van der Waals surface area contributed by atoms with Crippen molar-refractivity contribution in [2.75, 3.05) is 5.32 Å². The molecule has 0 bridgehead atoms. The quantitative estimate of drug-likeness (QED) is 0.784. The lowest BCUT2D eigenvalue weighted by Crippen LogP contribution is -2.01. The number of aromatic nitrogens is 5. The van der Waals surface area contributed by atoms with Gasteiger partial charge < -0.3 is 5.32 Å². The molecule has 0 radical (unpaired) electrons. The Hall–Kier alpha value is -2.34. The number of halogens is 1. The molecule has 6 nitrogen and oxygen atoms in total. The van der Waals surface area contributed by atoms with E-state index in [-0.39, 0.29) is 0 Å². The molecule has 3 rings (SSSR count). The standard InChI is InChI=1S/C15H17ClN6/c1-11(2)21-10-15(19-20-21)17-7-12-8-18-22(9-12)14-5-3-4-13(16)6-14/h3-6,8-11,17H,7H2,1-2H3. The Balaban J connectivity index is 1.66. The van der Waals surface area contributed by atoms with E-state index in [1.165, 1.54) is 0 Å².